The lowest BCUT2D eigenvalue weighted by atomic mass is 9.61. The van der Waals surface area contributed by atoms with Crippen molar-refractivity contribution in [3.8, 4) is 16.9 Å². The van der Waals surface area contributed by atoms with Crippen LogP contribution in [0.25, 0.3) is 11.1 Å². The number of imide groups is 1. The predicted octanol–water partition coefficient (Wildman–Crippen LogP) is 4.65. The molecule has 2 aromatic rings. The average molecular weight is 449 g/mol. The van der Waals surface area contributed by atoms with Gasteiger partial charge in [0.05, 0.1) is 19.3 Å². The zero-order valence-electron chi connectivity index (χ0n) is 19.8. The first-order chi connectivity index (χ1) is 15.8. The third kappa shape index (κ3) is 3.26. The summed E-state index contributed by atoms with van der Waals surface area (Å²) in [4.78, 5) is 27.8. The number of likely N-dealkylation sites (N-methyl/N-ethyl adjacent to an activating group) is 1. The van der Waals surface area contributed by atoms with Crippen LogP contribution in [0.3, 0.4) is 0 Å². The molecule has 3 aliphatic rings. The molecule has 1 atom stereocenters. The topological polar surface area (TPSA) is 67.9 Å². The Labute approximate surface area is 195 Å². The summed E-state index contributed by atoms with van der Waals surface area (Å²) in [6.45, 7) is 4.13. The first kappa shape index (κ1) is 22.0. The highest BCUT2D eigenvalue weighted by molar-refractivity contribution is 6.08. The van der Waals surface area contributed by atoms with Crippen LogP contribution in [0.2, 0.25) is 0 Å². The van der Waals surface area contributed by atoms with E-state index in [1.54, 1.807) is 14.2 Å². The second kappa shape index (κ2) is 7.87. The van der Waals surface area contributed by atoms with Crippen LogP contribution < -0.4 is 10.1 Å². The molecule has 3 amide bonds. The van der Waals surface area contributed by atoms with Gasteiger partial charge < -0.3 is 14.8 Å². The van der Waals surface area contributed by atoms with Gasteiger partial charge in [-0.05, 0) is 86.4 Å². The summed E-state index contributed by atoms with van der Waals surface area (Å²) in [5.41, 5.74) is 2.76. The van der Waals surface area contributed by atoms with Crippen LogP contribution in [0.15, 0.2) is 42.5 Å². The second-order valence-electron chi connectivity index (χ2n) is 9.99. The highest BCUT2D eigenvalue weighted by Gasteiger charge is 2.67. The number of hydrogen-bond donors (Lipinski definition) is 1. The van der Waals surface area contributed by atoms with Gasteiger partial charge in [0.15, 0.2) is 5.54 Å². The number of benzene rings is 2. The van der Waals surface area contributed by atoms with Crippen molar-refractivity contribution in [1.29, 1.82) is 0 Å². The van der Waals surface area contributed by atoms with Gasteiger partial charge in [0.1, 0.15) is 5.75 Å². The minimum Gasteiger partial charge on any atom is -0.497 e. The molecule has 1 unspecified atom stereocenters. The zero-order chi connectivity index (χ0) is 23.4. The number of nitrogens with one attached hydrogen (secondary N) is 1. The van der Waals surface area contributed by atoms with Gasteiger partial charge in [-0.25, -0.2) is 4.79 Å². The maximum Gasteiger partial charge on any atom is 0.325 e. The molecule has 1 saturated carbocycles. The SMILES string of the molecule is COc1cccc(-c2ccc3c(c2)C2(NC(=O)N(C)C2=O)[C@]2(CC[C@H](OC(C)C)CC2)C3)c1. The van der Waals surface area contributed by atoms with E-state index in [1.165, 1.54) is 4.90 Å². The standard InChI is InChI=1S/C27H32N2O4/c1-17(2)33-21-10-12-26(13-11-21)16-20-9-8-19(18-6-5-7-22(14-18)32-4)15-23(20)27(26)24(30)29(3)25(31)28-27/h5-9,14-15,17,21H,10-13,16H2,1-4H3,(H,28,31)/t21-,26-,27?. The number of nitrogens with zero attached hydrogens (tertiary/aromatic N) is 1. The van der Waals surface area contributed by atoms with E-state index in [0.29, 0.717) is 0 Å². The number of urea groups is 1. The van der Waals surface area contributed by atoms with Crippen molar-refractivity contribution in [3.63, 3.8) is 0 Å². The summed E-state index contributed by atoms with van der Waals surface area (Å²) in [5.74, 6) is 0.643. The fourth-order valence-electron chi connectivity index (χ4n) is 6.24. The van der Waals surface area contributed by atoms with Crippen LogP contribution in [-0.2, 0) is 21.5 Å². The van der Waals surface area contributed by atoms with E-state index in [-0.39, 0.29) is 29.6 Å². The van der Waals surface area contributed by atoms with Gasteiger partial charge in [-0.15, -0.1) is 0 Å². The Balaban J connectivity index is 1.59. The van der Waals surface area contributed by atoms with Crippen LogP contribution >= 0.6 is 0 Å². The van der Waals surface area contributed by atoms with Crippen LogP contribution in [0.4, 0.5) is 4.79 Å². The molecule has 1 N–H and O–H groups in total. The fraction of sp³-hybridized carbons (Fsp3) is 0.481. The van der Waals surface area contributed by atoms with Crippen molar-refractivity contribution in [3.05, 3.63) is 53.6 Å². The number of amides is 3. The van der Waals surface area contributed by atoms with E-state index in [0.717, 1.165) is 60.1 Å². The van der Waals surface area contributed by atoms with Crippen LogP contribution in [-0.4, -0.2) is 43.2 Å². The Morgan fingerprint density at radius 3 is 2.42 bits per heavy atom. The van der Waals surface area contributed by atoms with Crippen molar-refractivity contribution in [2.75, 3.05) is 14.2 Å². The van der Waals surface area contributed by atoms with Crippen molar-refractivity contribution in [2.24, 2.45) is 5.41 Å². The highest BCUT2D eigenvalue weighted by atomic mass is 16.5. The third-order valence-corrected chi connectivity index (χ3v) is 7.82. The first-order valence-corrected chi connectivity index (χ1v) is 11.8. The van der Waals surface area contributed by atoms with Crippen molar-refractivity contribution in [2.45, 2.75) is 63.7 Å². The number of carbonyl (C=O) groups is 2. The minimum atomic E-state index is -1.02. The summed E-state index contributed by atoms with van der Waals surface area (Å²) in [7, 11) is 3.24. The number of ether oxygens (including phenoxy) is 2. The molecule has 2 spiro atoms. The average Bonchev–Trinajstić information content (AvgIpc) is 3.21. The van der Waals surface area contributed by atoms with Crippen molar-refractivity contribution >= 4 is 11.9 Å². The fourth-order valence-corrected chi connectivity index (χ4v) is 6.24. The first-order valence-electron chi connectivity index (χ1n) is 11.8. The van der Waals surface area contributed by atoms with Gasteiger partial charge in [0.25, 0.3) is 5.91 Å². The summed E-state index contributed by atoms with van der Waals surface area (Å²) in [6.07, 6.45) is 4.64. The molecule has 2 aliphatic carbocycles. The predicted molar refractivity (Wildman–Crippen MR) is 126 cm³/mol. The molecule has 6 nitrogen and oxygen atoms in total. The van der Waals surface area contributed by atoms with E-state index in [2.05, 4.69) is 37.4 Å². The highest BCUT2D eigenvalue weighted by Crippen LogP contribution is 2.60. The largest absolute Gasteiger partial charge is 0.497 e. The Hall–Kier alpha value is -2.86. The van der Waals surface area contributed by atoms with Crippen molar-refractivity contribution < 1.29 is 19.1 Å². The van der Waals surface area contributed by atoms with E-state index < -0.39 is 5.54 Å². The van der Waals surface area contributed by atoms with Gasteiger partial charge in [-0.2, -0.15) is 0 Å². The minimum absolute atomic E-state index is 0.141. The molecule has 0 radical (unpaired) electrons. The lowest BCUT2D eigenvalue weighted by Crippen LogP contribution is -2.56. The Morgan fingerprint density at radius 1 is 1.06 bits per heavy atom. The number of hydrogen-bond acceptors (Lipinski definition) is 4. The molecule has 0 aromatic heterocycles. The molecule has 1 heterocycles. The number of fused-ring (bicyclic) bond motifs is 3. The molecule has 33 heavy (non-hydrogen) atoms. The number of methoxy groups -OCH3 is 1. The molecule has 174 valence electrons. The maximum atomic E-state index is 13.8. The molecular formula is C27H32N2O4. The van der Waals surface area contributed by atoms with Gasteiger partial charge in [0.2, 0.25) is 0 Å². The Bertz CT molecular complexity index is 1100. The maximum absolute atomic E-state index is 13.8. The summed E-state index contributed by atoms with van der Waals surface area (Å²) >= 11 is 0. The van der Waals surface area contributed by atoms with E-state index in [9.17, 15) is 9.59 Å². The quantitative estimate of drug-likeness (QED) is 0.692. The van der Waals surface area contributed by atoms with Crippen LogP contribution in [0.1, 0.15) is 50.7 Å². The lowest BCUT2D eigenvalue weighted by molar-refractivity contribution is -0.138. The summed E-state index contributed by atoms with van der Waals surface area (Å²) < 4.78 is 11.5. The van der Waals surface area contributed by atoms with Gasteiger partial charge >= 0.3 is 6.03 Å². The molecule has 1 saturated heterocycles. The molecule has 1 aliphatic heterocycles. The monoisotopic (exact) mass is 448 g/mol. The molecule has 6 heteroatoms. The van der Waals surface area contributed by atoms with Gasteiger partial charge in [-0.3, -0.25) is 9.69 Å². The molecule has 2 aromatic carbocycles. The molecular weight excluding hydrogens is 416 g/mol. The molecule has 0 bridgehead atoms. The van der Waals surface area contributed by atoms with E-state index in [1.807, 2.05) is 24.3 Å². The second-order valence-corrected chi connectivity index (χ2v) is 9.99. The van der Waals surface area contributed by atoms with Crippen molar-refractivity contribution in [1.82, 2.24) is 10.2 Å². The van der Waals surface area contributed by atoms with Crippen LogP contribution in [0.5, 0.6) is 5.75 Å². The molecule has 2 fully saturated rings. The van der Waals surface area contributed by atoms with E-state index >= 15 is 0 Å². The Kier molecular flexibility index (Phi) is 5.24. The van der Waals surface area contributed by atoms with Crippen LogP contribution in [0, 0.1) is 5.41 Å². The third-order valence-electron chi connectivity index (χ3n) is 7.82. The number of rotatable bonds is 4. The zero-order valence-corrected chi connectivity index (χ0v) is 19.8. The summed E-state index contributed by atoms with van der Waals surface area (Å²) in [6, 6.07) is 13.9. The normalized spacial score (nSPS) is 28.6. The van der Waals surface area contributed by atoms with E-state index in [4.69, 9.17) is 9.47 Å². The Morgan fingerprint density at radius 2 is 1.79 bits per heavy atom. The summed E-state index contributed by atoms with van der Waals surface area (Å²) in [5, 5.41) is 3.17. The smallest absolute Gasteiger partial charge is 0.325 e. The molecule has 5 rings (SSSR count). The number of carbonyl (C=O) groups excluding carboxylic acids is 2. The lowest BCUT2D eigenvalue weighted by Gasteiger charge is -2.46. The van der Waals surface area contributed by atoms with Gasteiger partial charge in [0, 0.05) is 12.5 Å². The van der Waals surface area contributed by atoms with Gasteiger partial charge in [-0.1, -0.05) is 24.3 Å².